The van der Waals surface area contributed by atoms with Crippen LogP contribution in [0.4, 0.5) is 22.7 Å². The lowest BCUT2D eigenvalue weighted by atomic mass is 10.1. The minimum atomic E-state index is 0.599. The molecule has 0 aliphatic rings. The Balaban J connectivity index is 2.03. The zero-order valence-electron chi connectivity index (χ0n) is 12.8. The maximum atomic E-state index is 6.98. The first-order valence-corrected chi connectivity index (χ1v) is 7.46. The molecule has 3 aromatic carbocycles. The summed E-state index contributed by atoms with van der Waals surface area (Å²) in [7, 11) is 0. The van der Waals surface area contributed by atoms with Crippen LogP contribution in [0.1, 0.15) is 6.92 Å². The third-order valence-electron chi connectivity index (χ3n) is 3.51. The second-order valence-corrected chi connectivity index (χ2v) is 5.04. The van der Waals surface area contributed by atoms with Crippen LogP contribution in [0.5, 0.6) is 0 Å². The fourth-order valence-corrected chi connectivity index (χ4v) is 2.40. The van der Waals surface area contributed by atoms with Gasteiger partial charge in [0.1, 0.15) is 5.69 Å². The van der Waals surface area contributed by atoms with Crippen molar-refractivity contribution in [3.8, 4) is 0 Å². The topological polar surface area (TPSA) is 73.0 Å². The molecule has 0 unspecified atom stereocenters. The van der Waals surface area contributed by atoms with Gasteiger partial charge in [0.25, 0.3) is 0 Å². The van der Waals surface area contributed by atoms with E-state index in [0.717, 1.165) is 34.4 Å². The number of rotatable bonds is 5. The second kappa shape index (κ2) is 6.79. The second-order valence-electron chi connectivity index (χ2n) is 5.04. The highest BCUT2D eigenvalue weighted by atomic mass is 15.1. The summed E-state index contributed by atoms with van der Waals surface area (Å²) in [5.74, 6) is 0. The first-order valence-electron chi connectivity index (χ1n) is 7.46. The Morgan fingerprint density at radius 3 is 2.35 bits per heavy atom. The summed E-state index contributed by atoms with van der Waals surface area (Å²) >= 11 is 0. The van der Waals surface area contributed by atoms with Crippen LogP contribution in [0.25, 0.3) is 10.8 Å². The lowest BCUT2D eigenvalue weighted by molar-refractivity contribution is 1.14. The van der Waals surface area contributed by atoms with Gasteiger partial charge in [0.15, 0.2) is 0 Å². The molecule has 0 aliphatic carbocycles. The van der Waals surface area contributed by atoms with Crippen molar-refractivity contribution in [2.45, 2.75) is 6.92 Å². The van der Waals surface area contributed by atoms with Crippen molar-refractivity contribution in [2.24, 2.45) is 15.3 Å². The Hall–Kier alpha value is -3.08. The smallest absolute Gasteiger partial charge is 0.117 e. The molecule has 0 atom stereocenters. The number of nitrogens with zero attached hydrogens (tertiary/aromatic N) is 3. The summed E-state index contributed by atoms with van der Waals surface area (Å²) < 4.78 is 0. The summed E-state index contributed by atoms with van der Waals surface area (Å²) in [5.41, 5.74) is 10.1. The van der Waals surface area contributed by atoms with Gasteiger partial charge in [-0.2, -0.15) is 10.2 Å². The molecule has 5 heteroatoms. The number of benzene rings is 3. The van der Waals surface area contributed by atoms with E-state index in [9.17, 15) is 0 Å². The van der Waals surface area contributed by atoms with E-state index in [1.807, 2.05) is 24.3 Å². The number of hydrogen-bond acceptors (Lipinski definition) is 5. The molecule has 114 valence electrons. The molecule has 0 saturated heterocycles. The van der Waals surface area contributed by atoms with Gasteiger partial charge in [-0.25, -0.2) is 5.53 Å². The van der Waals surface area contributed by atoms with E-state index < -0.39 is 0 Å². The van der Waals surface area contributed by atoms with Gasteiger partial charge >= 0.3 is 0 Å². The van der Waals surface area contributed by atoms with Crippen molar-refractivity contribution in [2.75, 3.05) is 11.9 Å². The minimum absolute atomic E-state index is 0.599. The molecule has 0 saturated carbocycles. The van der Waals surface area contributed by atoms with Gasteiger partial charge in [-0.3, -0.25) is 0 Å². The van der Waals surface area contributed by atoms with Gasteiger partial charge < -0.3 is 5.32 Å². The summed E-state index contributed by atoms with van der Waals surface area (Å²) in [5, 5.41) is 17.7. The van der Waals surface area contributed by atoms with Gasteiger partial charge in [0.05, 0.1) is 17.1 Å². The molecule has 3 aromatic rings. The first kappa shape index (κ1) is 14.8. The lowest BCUT2D eigenvalue weighted by Gasteiger charge is -2.09. The molecule has 23 heavy (non-hydrogen) atoms. The normalized spacial score (nSPS) is 11.0. The molecule has 0 amide bonds. The van der Waals surface area contributed by atoms with Crippen LogP contribution in [0.15, 0.2) is 76.0 Å². The Labute approximate surface area is 134 Å². The van der Waals surface area contributed by atoms with Crippen LogP contribution in [0.3, 0.4) is 0 Å². The molecule has 3 rings (SSSR count). The molecule has 0 heterocycles. The molecule has 0 spiro atoms. The number of azo groups is 1. The minimum Gasteiger partial charge on any atom is -0.384 e. The van der Waals surface area contributed by atoms with E-state index in [0.29, 0.717) is 5.69 Å². The van der Waals surface area contributed by atoms with E-state index in [1.54, 1.807) is 24.3 Å². The summed E-state index contributed by atoms with van der Waals surface area (Å²) in [4.78, 5) is 0. The summed E-state index contributed by atoms with van der Waals surface area (Å²) in [6, 6.07) is 19.3. The van der Waals surface area contributed by atoms with Crippen molar-refractivity contribution < 1.29 is 0 Å². The highest BCUT2D eigenvalue weighted by Crippen LogP contribution is 2.35. The SMILES string of the molecule is CCNc1ccc2ccccc2c1N=Nc1ccc(N=N)cc1. The Bertz CT molecular complexity index is 853. The largest absolute Gasteiger partial charge is 0.384 e. The van der Waals surface area contributed by atoms with Crippen molar-refractivity contribution in [3.63, 3.8) is 0 Å². The summed E-state index contributed by atoms with van der Waals surface area (Å²) in [6.07, 6.45) is 0. The quantitative estimate of drug-likeness (QED) is 0.529. The van der Waals surface area contributed by atoms with Crippen LogP contribution in [0, 0.1) is 5.53 Å². The van der Waals surface area contributed by atoms with E-state index in [4.69, 9.17) is 5.53 Å². The maximum Gasteiger partial charge on any atom is 0.117 e. The number of nitrogens with one attached hydrogen (secondary N) is 2. The lowest BCUT2D eigenvalue weighted by Crippen LogP contribution is -1.96. The molecule has 0 fully saturated rings. The highest BCUT2D eigenvalue weighted by Gasteiger charge is 2.06. The van der Waals surface area contributed by atoms with Gasteiger partial charge in [-0.05, 0) is 42.6 Å². The van der Waals surface area contributed by atoms with Crippen LogP contribution >= 0.6 is 0 Å². The molecule has 0 aromatic heterocycles. The zero-order chi connectivity index (χ0) is 16.1. The fraction of sp³-hybridized carbons (Fsp3) is 0.111. The maximum absolute atomic E-state index is 6.98. The van der Waals surface area contributed by atoms with E-state index >= 15 is 0 Å². The van der Waals surface area contributed by atoms with Crippen molar-refractivity contribution in [3.05, 3.63) is 60.7 Å². The fourth-order valence-electron chi connectivity index (χ4n) is 2.40. The third-order valence-corrected chi connectivity index (χ3v) is 3.51. The zero-order valence-corrected chi connectivity index (χ0v) is 12.8. The Morgan fingerprint density at radius 1 is 0.870 bits per heavy atom. The molecule has 0 bridgehead atoms. The van der Waals surface area contributed by atoms with Gasteiger partial charge in [0, 0.05) is 11.9 Å². The number of fused-ring (bicyclic) bond motifs is 1. The first-order chi connectivity index (χ1) is 11.3. The molecular formula is C18H17N5. The molecule has 0 radical (unpaired) electrons. The molecule has 5 nitrogen and oxygen atoms in total. The van der Waals surface area contributed by atoms with Crippen molar-refractivity contribution >= 4 is 33.5 Å². The van der Waals surface area contributed by atoms with Crippen LogP contribution in [-0.2, 0) is 0 Å². The average molecular weight is 303 g/mol. The molecule has 0 aliphatic heterocycles. The number of anilines is 1. The predicted octanol–water partition coefficient (Wildman–Crippen LogP) is 6.35. The molecular weight excluding hydrogens is 286 g/mol. The Morgan fingerprint density at radius 2 is 1.61 bits per heavy atom. The standard InChI is InChI=1S/C18H17N5/c1-2-20-17-12-7-13-5-3-4-6-16(13)18(17)23-22-15-10-8-14(21-19)9-11-15/h3-12,19-20H,2H2,1H3. The van der Waals surface area contributed by atoms with E-state index in [-0.39, 0.29) is 0 Å². The average Bonchev–Trinajstić information content (AvgIpc) is 2.61. The third kappa shape index (κ3) is 3.23. The number of hydrogen-bond donors (Lipinski definition) is 2. The van der Waals surface area contributed by atoms with Crippen LogP contribution in [0.2, 0.25) is 0 Å². The monoisotopic (exact) mass is 303 g/mol. The van der Waals surface area contributed by atoms with Crippen molar-refractivity contribution in [1.82, 2.24) is 0 Å². The highest BCUT2D eigenvalue weighted by molar-refractivity contribution is 5.98. The Kier molecular flexibility index (Phi) is 4.38. The molecule has 2 N–H and O–H groups in total. The van der Waals surface area contributed by atoms with Crippen LogP contribution < -0.4 is 5.32 Å². The van der Waals surface area contributed by atoms with Gasteiger partial charge in [-0.1, -0.05) is 30.3 Å². The summed E-state index contributed by atoms with van der Waals surface area (Å²) in [6.45, 7) is 2.87. The van der Waals surface area contributed by atoms with Gasteiger partial charge in [-0.15, -0.1) is 5.11 Å². The van der Waals surface area contributed by atoms with Crippen LogP contribution in [-0.4, -0.2) is 6.54 Å². The van der Waals surface area contributed by atoms with E-state index in [1.165, 1.54) is 0 Å². The predicted molar refractivity (Wildman–Crippen MR) is 93.5 cm³/mol. The van der Waals surface area contributed by atoms with E-state index in [2.05, 4.69) is 39.7 Å². The van der Waals surface area contributed by atoms with Crippen molar-refractivity contribution in [1.29, 1.82) is 5.53 Å². The van der Waals surface area contributed by atoms with Gasteiger partial charge in [0.2, 0.25) is 0 Å².